The third-order valence-electron chi connectivity index (χ3n) is 2.82. The number of nitrogens with two attached hydrogens (primary N) is 1. The maximum Gasteiger partial charge on any atom is 0.0420 e. The largest absolute Gasteiger partial charge is 0.324 e. The number of hydrogen-bond acceptors (Lipinski definition) is 2. The fourth-order valence-electron chi connectivity index (χ4n) is 1.87. The van der Waals surface area contributed by atoms with E-state index >= 15 is 0 Å². The van der Waals surface area contributed by atoms with Crippen LogP contribution in [0.5, 0.6) is 0 Å². The van der Waals surface area contributed by atoms with E-state index in [1.54, 1.807) is 6.20 Å². The molecule has 17 heavy (non-hydrogen) atoms. The summed E-state index contributed by atoms with van der Waals surface area (Å²) >= 11 is 5.85. The predicted octanol–water partition coefficient (Wildman–Crippen LogP) is 3.29. The van der Waals surface area contributed by atoms with Gasteiger partial charge < -0.3 is 5.73 Å². The van der Waals surface area contributed by atoms with Crippen LogP contribution < -0.4 is 5.73 Å². The molecule has 1 unspecified atom stereocenters. The van der Waals surface area contributed by atoms with Crippen molar-refractivity contribution >= 4 is 11.6 Å². The van der Waals surface area contributed by atoms with Gasteiger partial charge in [0.05, 0.1) is 0 Å². The molecule has 2 N–H and O–H groups in total. The summed E-state index contributed by atoms with van der Waals surface area (Å²) in [4.78, 5) is 4.25. The second-order valence-electron chi connectivity index (χ2n) is 4.12. The molecule has 88 valence electrons. The highest BCUT2D eigenvalue weighted by Gasteiger charge is 2.09. The summed E-state index contributed by atoms with van der Waals surface area (Å²) in [6.07, 6.45) is 2.58. The molecule has 0 aliphatic heterocycles. The quantitative estimate of drug-likeness (QED) is 0.903. The lowest BCUT2D eigenvalue weighted by Crippen LogP contribution is -2.15. The minimum absolute atomic E-state index is 0.0233. The topological polar surface area (TPSA) is 38.9 Å². The van der Waals surface area contributed by atoms with E-state index in [9.17, 15) is 0 Å². The lowest BCUT2D eigenvalue weighted by Gasteiger charge is -2.14. The second-order valence-corrected chi connectivity index (χ2v) is 4.55. The molecule has 2 nitrogen and oxygen atoms in total. The molecule has 2 rings (SSSR count). The molecule has 0 radical (unpaired) electrons. The van der Waals surface area contributed by atoms with E-state index < -0.39 is 0 Å². The van der Waals surface area contributed by atoms with Crippen molar-refractivity contribution in [2.75, 3.05) is 0 Å². The van der Waals surface area contributed by atoms with Crippen molar-refractivity contribution in [1.29, 1.82) is 0 Å². The number of hydrogen-bond donors (Lipinski definition) is 1. The van der Waals surface area contributed by atoms with Crippen LogP contribution in [0, 0.1) is 6.92 Å². The Morgan fingerprint density at radius 2 is 1.94 bits per heavy atom. The molecule has 0 saturated heterocycles. The van der Waals surface area contributed by atoms with Gasteiger partial charge in [-0.15, -0.1) is 0 Å². The molecule has 2 aromatic rings. The molecular formula is C14H15ClN2. The maximum atomic E-state index is 6.19. The standard InChI is InChI=1S/C14H15ClN2/c1-10-13(3-2-8-17-10)14(16)9-11-4-6-12(15)7-5-11/h2-8,14H,9,16H2,1H3. The zero-order valence-electron chi connectivity index (χ0n) is 9.73. The van der Waals surface area contributed by atoms with E-state index in [1.807, 2.05) is 43.3 Å². The van der Waals surface area contributed by atoms with Crippen LogP contribution >= 0.6 is 11.6 Å². The van der Waals surface area contributed by atoms with E-state index in [4.69, 9.17) is 17.3 Å². The smallest absolute Gasteiger partial charge is 0.0420 e. The van der Waals surface area contributed by atoms with Gasteiger partial charge in [-0.05, 0) is 42.7 Å². The number of benzene rings is 1. The molecule has 1 atom stereocenters. The van der Waals surface area contributed by atoms with Gasteiger partial charge in [-0.2, -0.15) is 0 Å². The second kappa shape index (κ2) is 5.30. The van der Waals surface area contributed by atoms with Crippen LogP contribution in [0.1, 0.15) is 22.9 Å². The van der Waals surface area contributed by atoms with Crippen molar-refractivity contribution in [3.05, 3.63) is 64.4 Å². The van der Waals surface area contributed by atoms with Crippen molar-refractivity contribution in [2.24, 2.45) is 5.73 Å². The Kier molecular flexibility index (Phi) is 3.77. The Bertz CT molecular complexity index is 494. The van der Waals surface area contributed by atoms with E-state index in [-0.39, 0.29) is 6.04 Å². The van der Waals surface area contributed by atoms with Crippen LogP contribution in [0.3, 0.4) is 0 Å². The fourth-order valence-corrected chi connectivity index (χ4v) is 2.00. The average molecular weight is 247 g/mol. The maximum absolute atomic E-state index is 6.19. The first kappa shape index (κ1) is 12.1. The van der Waals surface area contributed by atoms with Crippen LogP contribution in [0.4, 0.5) is 0 Å². The highest BCUT2D eigenvalue weighted by Crippen LogP contribution is 2.19. The Balaban J connectivity index is 2.14. The molecule has 0 saturated carbocycles. The van der Waals surface area contributed by atoms with Gasteiger partial charge in [-0.25, -0.2) is 0 Å². The predicted molar refractivity (Wildman–Crippen MR) is 71.1 cm³/mol. The molecule has 0 spiro atoms. The van der Waals surface area contributed by atoms with Crippen molar-refractivity contribution in [1.82, 2.24) is 4.98 Å². The molecule has 3 heteroatoms. The van der Waals surface area contributed by atoms with E-state index in [1.165, 1.54) is 5.56 Å². The molecule has 0 aliphatic rings. The van der Waals surface area contributed by atoms with Gasteiger partial charge >= 0.3 is 0 Å². The SMILES string of the molecule is Cc1ncccc1C(N)Cc1ccc(Cl)cc1. The molecule has 0 bridgehead atoms. The van der Waals surface area contributed by atoms with Gasteiger partial charge in [0, 0.05) is 23.0 Å². The first-order valence-corrected chi connectivity index (χ1v) is 5.96. The average Bonchev–Trinajstić information content (AvgIpc) is 2.32. The van der Waals surface area contributed by atoms with Gasteiger partial charge in [-0.3, -0.25) is 4.98 Å². The minimum Gasteiger partial charge on any atom is -0.324 e. The van der Waals surface area contributed by atoms with Gasteiger partial charge in [0.2, 0.25) is 0 Å². The first-order chi connectivity index (χ1) is 8.16. The van der Waals surface area contributed by atoms with Crippen LogP contribution in [-0.4, -0.2) is 4.98 Å². The van der Waals surface area contributed by atoms with Crippen LogP contribution in [0.15, 0.2) is 42.6 Å². The summed E-state index contributed by atoms with van der Waals surface area (Å²) in [6.45, 7) is 1.98. The number of rotatable bonds is 3. The van der Waals surface area contributed by atoms with Crippen LogP contribution in [0.2, 0.25) is 5.02 Å². The Morgan fingerprint density at radius 1 is 1.24 bits per heavy atom. The zero-order valence-corrected chi connectivity index (χ0v) is 10.5. The normalized spacial score (nSPS) is 12.4. The summed E-state index contributed by atoms with van der Waals surface area (Å²) in [5, 5.41) is 0.750. The van der Waals surface area contributed by atoms with E-state index in [2.05, 4.69) is 4.98 Å². The highest BCUT2D eigenvalue weighted by molar-refractivity contribution is 6.30. The van der Waals surface area contributed by atoms with Crippen LogP contribution in [-0.2, 0) is 6.42 Å². The molecule has 1 heterocycles. The zero-order chi connectivity index (χ0) is 12.3. The third-order valence-corrected chi connectivity index (χ3v) is 3.07. The van der Waals surface area contributed by atoms with Gasteiger partial charge in [0.25, 0.3) is 0 Å². The van der Waals surface area contributed by atoms with Gasteiger partial charge in [0.15, 0.2) is 0 Å². The fraction of sp³-hybridized carbons (Fsp3) is 0.214. The van der Waals surface area contributed by atoms with Gasteiger partial charge in [-0.1, -0.05) is 29.8 Å². The minimum atomic E-state index is -0.0233. The molecule has 1 aromatic carbocycles. The van der Waals surface area contributed by atoms with E-state index in [0.29, 0.717) is 0 Å². The van der Waals surface area contributed by atoms with Crippen molar-refractivity contribution in [3.8, 4) is 0 Å². The molecule has 1 aromatic heterocycles. The third kappa shape index (κ3) is 3.05. The lowest BCUT2D eigenvalue weighted by molar-refractivity contribution is 0.711. The Hall–Kier alpha value is -1.38. The van der Waals surface area contributed by atoms with Crippen LogP contribution in [0.25, 0.3) is 0 Å². The summed E-state index contributed by atoms with van der Waals surface area (Å²) in [7, 11) is 0. The number of aryl methyl sites for hydroxylation is 1. The molecule has 0 amide bonds. The van der Waals surface area contributed by atoms with E-state index in [0.717, 1.165) is 22.7 Å². The number of pyridine rings is 1. The molecular weight excluding hydrogens is 232 g/mol. The number of aromatic nitrogens is 1. The molecule has 0 fully saturated rings. The Morgan fingerprint density at radius 3 is 2.59 bits per heavy atom. The van der Waals surface area contributed by atoms with Crippen molar-refractivity contribution < 1.29 is 0 Å². The summed E-state index contributed by atoms with van der Waals surface area (Å²) in [5.41, 5.74) is 9.47. The summed E-state index contributed by atoms with van der Waals surface area (Å²) in [5.74, 6) is 0. The highest BCUT2D eigenvalue weighted by atomic mass is 35.5. The molecule has 0 aliphatic carbocycles. The number of nitrogens with zero attached hydrogens (tertiary/aromatic N) is 1. The van der Waals surface area contributed by atoms with Crippen molar-refractivity contribution in [2.45, 2.75) is 19.4 Å². The summed E-state index contributed by atoms with van der Waals surface area (Å²) in [6, 6.07) is 11.7. The van der Waals surface area contributed by atoms with Gasteiger partial charge in [0.1, 0.15) is 0 Å². The monoisotopic (exact) mass is 246 g/mol. The lowest BCUT2D eigenvalue weighted by atomic mass is 9.99. The van der Waals surface area contributed by atoms with Crippen molar-refractivity contribution in [3.63, 3.8) is 0 Å². The Labute approximate surface area is 106 Å². The first-order valence-electron chi connectivity index (χ1n) is 5.58. The number of halogens is 1. The summed E-state index contributed by atoms with van der Waals surface area (Å²) < 4.78 is 0.